The van der Waals surface area contributed by atoms with Gasteiger partial charge < -0.3 is 20.7 Å². The Morgan fingerprint density at radius 1 is 1.21 bits per heavy atom. The van der Waals surface area contributed by atoms with Crippen LogP contribution in [0.3, 0.4) is 0 Å². The van der Waals surface area contributed by atoms with Crippen LogP contribution in [0.1, 0.15) is 24.3 Å². The predicted octanol–water partition coefficient (Wildman–Crippen LogP) is 3.74. The van der Waals surface area contributed by atoms with E-state index in [0.717, 1.165) is 23.1 Å². The highest BCUT2D eigenvalue weighted by Gasteiger charge is 2.36. The molecule has 3 aromatic rings. The molecule has 0 radical (unpaired) electrons. The van der Waals surface area contributed by atoms with Gasteiger partial charge in [0.1, 0.15) is 16.5 Å². The Bertz CT molecular complexity index is 1000. The van der Waals surface area contributed by atoms with Crippen LogP contribution < -0.4 is 15.8 Å². The van der Waals surface area contributed by atoms with Gasteiger partial charge in [-0.1, -0.05) is 0 Å². The van der Waals surface area contributed by atoms with Crippen LogP contribution in [0.2, 0.25) is 0 Å². The maximum Gasteiger partial charge on any atom is 0.175 e. The highest BCUT2D eigenvalue weighted by atomic mass is 32.1. The third-order valence-corrected chi connectivity index (χ3v) is 6.76. The van der Waals surface area contributed by atoms with Crippen molar-refractivity contribution in [1.82, 2.24) is 19.9 Å². The number of hydrogen-bond donors (Lipinski definition) is 2. The molecular weight excluding hydrogens is 384 g/mol. The monoisotopic (exact) mass is 408 g/mol. The van der Waals surface area contributed by atoms with Gasteiger partial charge in [-0.05, 0) is 50.0 Å². The highest BCUT2D eigenvalue weighted by Crippen LogP contribution is 2.42. The summed E-state index contributed by atoms with van der Waals surface area (Å²) >= 11 is 1.56. The summed E-state index contributed by atoms with van der Waals surface area (Å²) in [4.78, 5) is 16.3. The first-order chi connectivity index (χ1) is 14.2. The Balaban J connectivity index is 1.52. The lowest BCUT2D eigenvalue weighted by Gasteiger charge is -2.45. The van der Waals surface area contributed by atoms with Gasteiger partial charge in [0.05, 0.1) is 19.0 Å². The molecule has 0 saturated carbocycles. The van der Waals surface area contributed by atoms with E-state index in [1.165, 1.54) is 31.5 Å². The zero-order valence-corrected chi connectivity index (χ0v) is 17.2. The number of thiazole rings is 1. The Morgan fingerprint density at radius 2 is 2.07 bits per heavy atom. The van der Waals surface area contributed by atoms with Gasteiger partial charge in [-0.25, -0.2) is 15.0 Å². The van der Waals surface area contributed by atoms with Crippen molar-refractivity contribution in [2.45, 2.75) is 18.8 Å². The molecule has 29 heavy (non-hydrogen) atoms. The Kier molecular flexibility index (Phi) is 4.81. The molecule has 6 rings (SSSR count). The quantitative estimate of drug-likeness (QED) is 0.665. The molecule has 7 nitrogen and oxygen atoms in total. The molecule has 3 aromatic heterocycles. The zero-order chi connectivity index (χ0) is 19.8. The van der Waals surface area contributed by atoms with Crippen LogP contribution in [-0.4, -0.2) is 46.6 Å². The number of nitrogens with one attached hydrogen (secondary N) is 1. The van der Waals surface area contributed by atoms with E-state index in [0.29, 0.717) is 29.1 Å². The van der Waals surface area contributed by atoms with Crippen LogP contribution in [0.15, 0.2) is 36.0 Å². The zero-order valence-electron chi connectivity index (χ0n) is 16.3. The molecule has 1 atom stereocenters. The second kappa shape index (κ2) is 7.61. The lowest BCUT2D eigenvalue weighted by Crippen LogP contribution is -2.46. The standard InChI is InChI=1S/C21H24N6OS/c1-28-18-3-2-17(21-23-6-9-29-21)25-20(18)26-19-15(10-14(22)11-24-19)16-12-27-7-4-13(16)5-8-27/h2-3,6,9-11,13,16H,4-5,7-8,12,22H2,1H3,(H,24,25,26). The summed E-state index contributed by atoms with van der Waals surface area (Å²) in [6, 6.07) is 5.91. The average Bonchev–Trinajstić information content (AvgIpc) is 3.31. The number of nitrogen functional groups attached to an aromatic ring is 1. The van der Waals surface area contributed by atoms with Crippen molar-refractivity contribution >= 4 is 28.7 Å². The van der Waals surface area contributed by atoms with Crippen LogP contribution in [0.5, 0.6) is 5.75 Å². The maximum absolute atomic E-state index is 6.12. The molecule has 2 bridgehead atoms. The molecule has 150 valence electrons. The van der Waals surface area contributed by atoms with Crippen molar-refractivity contribution in [2.24, 2.45) is 5.92 Å². The first kappa shape index (κ1) is 18.3. The minimum Gasteiger partial charge on any atom is -0.493 e. The van der Waals surface area contributed by atoms with Gasteiger partial charge in [0, 0.05) is 29.6 Å². The van der Waals surface area contributed by atoms with Crippen molar-refractivity contribution in [3.63, 3.8) is 0 Å². The van der Waals surface area contributed by atoms with Crippen molar-refractivity contribution in [2.75, 3.05) is 37.8 Å². The number of nitrogens with zero attached hydrogens (tertiary/aromatic N) is 4. The first-order valence-corrected chi connectivity index (χ1v) is 10.8. The number of methoxy groups -OCH3 is 1. The smallest absolute Gasteiger partial charge is 0.175 e. The molecule has 0 aliphatic carbocycles. The molecular formula is C21H24N6OS. The molecule has 3 aliphatic heterocycles. The van der Waals surface area contributed by atoms with E-state index < -0.39 is 0 Å². The topological polar surface area (TPSA) is 89.2 Å². The SMILES string of the molecule is COc1ccc(-c2nccs2)nc1Nc1ncc(N)cc1C1CN2CCC1CC2. The van der Waals surface area contributed by atoms with Gasteiger partial charge in [-0.2, -0.15) is 0 Å². The van der Waals surface area contributed by atoms with Crippen molar-refractivity contribution in [3.8, 4) is 16.5 Å². The highest BCUT2D eigenvalue weighted by molar-refractivity contribution is 7.13. The van der Waals surface area contributed by atoms with Crippen LogP contribution in [0.4, 0.5) is 17.3 Å². The number of piperidine rings is 3. The first-order valence-electron chi connectivity index (χ1n) is 9.91. The van der Waals surface area contributed by atoms with Crippen LogP contribution in [-0.2, 0) is 0 Å². The number of fused-ring (bicyclic) bond motifs is 3. The Labute approximate surface area is 174 Å². The maximum atomic E-state index is 6.12. The van der Waals surface area contributed by atoms with E-state index in [1.807, 2.05) is 17.5 Å². The summed E-state index contributed by atoms with van der Waals surface area (Å²) in [5, 5.41) is 6.25. The number of pyridine rings is 2. The van der Waals surface area contributed by atoms with E-state index in [9.17, 15) is 0 Å². The van der Waals surface area contributed by atoms with Gasteiger partial charge in [0.2, 0.25) is 0 Å². The Hall–Kier alpha value is -2.71. The third kappa shape index (κ3) is 3.54. The number of anilines is 3. The van der Waals surface area contributed by atoms with Crippen molar-refractivity contribution in [3.05, 3.63) is 41.5 Å². The van der Waals surface area contributed by atoms with Gasteiger partial charge in [0.25, 0.3) is 0 Å². The van der Waals surface area contributed by atoms with Gasteiger partial charge in [-0.3, -0.25) is 0 Å². The third-order valence-electron chi connectivity index (χ3n) is 5.96. The second-order valence-corrected chi connectivity index (χ2v) is 8.56. The van der Waals surface area contributed by atoms with E-state index >= 15 is 0 Å². The van der Waals surface area contributed by atoms with Crippen LogP contribution >= 0.6 is 11.3 Å². The number of rotatable bonds is 5. The number of aromatic nitrogens is 3. The summed E-state index contributed by atoms with van der Waals surface area (Å²) < 4.78 is 5.55. The Morgan fingerprint density at radius 3 is 2.76 bits per heavy atom. The predicted molar refractivity (Wildman–Crippen MR) is 116 cm³/mol. The fourth-order valence-corrected chi connectivity index (χ4v) is 5.09. The normalized spacial score (nSPS) is 23.1. The average molecular weight is 409 g/mol. The lowest BCUT2D eigenvalue weighted by molar-refractivity contribution is 0.0873. The minimum absolute atomic E-state index is 0.434. The van der Waals surface area contributed by atoms with E-state index in [4.69, 9.17) is 15.5 Å². The molecule has 3 saturated heterocycles. The van der Waals surface area contributed by atoms with E-state index in [2.05, 4.69) is 26.3 Å². The van der Waals surface area contributed by atoms with Gasteiger partial charge >= 0.3 is 0 Å². The molecule has 3 N–H and O–H groups in total. The number of nitrogens with two attached hydrogens (primary N) is 1. The summed E-state index contributed by atoms with van der Waals surface area (Å²) in [6.45, 7) is 3.46. The molecule has 0 spiro atoms. The van der Waals surface area contributed by atoms with E-state index in [-0.39, 0.29) is 0 Å². The van der Waals surface area contributed by atoms with E-state index in [1.54, 1.807) is 30.8 Å². The molecule has 3 aliphatic rings. The van der Waals surface area contributed by atoms with Crippen molar-refractivity contribution in [1.29, 1.82) is 0 Å². The fraction of sp³-hybridized carbons (Fsp3) is 0.381. The molecule has 8 heteroatoms. The molecule has 0 aromatic carbocycles. The molecule has 6 heterocycles. The molecule has 3 fully saturated rings. The number of hydrogen-bond acceptors (Lipinski definition) is 8. The molecule has 1 unspecified atom stereocenters. The largest absolute Gasteiger partial charge is 0.493 e. The lowest BCUT2D eigenvalue weighted by atomic mass is 9.75. The van der Waals surface area contributed by atoms with Crippen molar-refractivity contribution < 1.29 is 4.74 Å². The molecule has 0 amide bonds. The summed E-state index contributed by atoms with van der Waals surface area (Å²) in [5.41, 5.74) is 8.79. The summed E-state index contributed by atoms with van der Waals surface area (Å²) in [5.74, 6) is 3.23. The number of ether oxygens (including phenoxy) is 1. The van der Waals surface area contributed by atoms with Crippen LogP contribution in [0.25, 0.3) is 10.7 Å². The fourth-order valence-electron chi connectivity index (χ4n) is 4.49. The minimum atomic E-state index is 0.434. The summed E-state index contributed by atoms with van der Waals surface area (Å²) in [7, 11) is 1.65. The summed E-state index contributed by atoms with van der Waals surface area (Å²) in [6.07, 6.45) is 5.95. The second-order valence-electron chi connectivity index (χ2n) is 7.66. The van der Waals surface area contributed by atoms with Gasteiger partial charge in [-0.15, -0.1) is 11.3 Å². The van der Waals surface area contributed by atoms with Gasteiger partial charge in [0.15, 0.2) is 11.6 Å². The van der Waals surface area contributed by atoms with Crippen LogP contribution in [0, 0.1) is 5.92 Å².